The molecule has 1 spiro atoms. The molecule has 0 N–H and O–H groups in total. The first kappa shape index (κ1) is 6.73. The lowest BCUT2D eigenvalue weighted by Crippen LogP contribution is -2.26. The Labute approximate surface area is 73.7 Å². The van der Waals surface area contributed by atoms with Crippen LogP contribution in [0, 0.1) is 0 Å². The van der Waals surface area contributed by atoms with Gasteiger partial charge in [-0.1, -0.05) is 22.6 Å². The number of alkyl halides is 1. The third-order valence-electron chi connectivity index (χ3n) is 2.12. The molecule has 0 aromatic carbocycles. The van der Waals surface area contributed by atoms with Crippen molar-refractivity contribution in [2.45, 2.75) is 21.6 Å². The van der Waals surface area contributed by atoms with Gasteiger partial charge in [0.2, 0.25) is 0 Å². The second kappa shape index (κ2) is 2.01. The molecule has 1 aliphatic carbocycles. The summed E-state index contributed by atoms with van der Waals surface area (Å²) in [5, 5.41) is 0. The van der Waals surface area contributed by atoms with Crippen molar-refractivity contribution in [2.75, 3.05) is 12.9 Å². The number of thioether (sulfide) groups is 1. The second-order valence-electron chi connectivity index (χ2n) is 2.93. The Morgan fingerprint density at radius 1 is 1.67 bits per heavy atom. The van der Waals surface area contributed by atoms with Crippen LogP contribution in [-0.2, 0) is 0 Å². The summed E-state index contributed by atoms with van der Waals surface area (Å²) in [5.41, 5.74) is 0. The van der Waals surface area contributed by atoms with Crippen LogP contribution in [0.1, 0.15) is 12.8 Å². The molecule has 0 aromatic rings. The Morgan fingerprint density at radius 3 is 2.56 bits per heavy atom. The molecular weight excluding hydrogens is 245 g/mol. The average molecular weight is 255 g/mol. The standard InChI is InChI=1S/C6H10INS/c1-8-4-9-6(2-3-6)5(8)7/h5H,2-4H2,1H3/t5-/m0/s1. The van der Waals surface area contributed by atoms with Crippen LogP contribution in [0.15, 0.2) is 0 Å². The molecule has 2 rings (SSSR count). The van der Waals surface area contributed by atoms with E-state index in [0.717, 1.165) is 4.05 Å². The monoisotopic (exact) mass is 255 g/mol. The summed E-state index contributed by atoms with van der Waals surface area (Å²) >= 11 is 4.71. The van der Waals surface area contributed by atoms with E-state index in [1.54, 1.807) is 0 Å². The molecule has 3 heteroatoms. The minimum absolute atomic E-state index is 0.704. The van der Waals surface area contributed by atoms with E-state index in [-0.39, 0.29) is 0 Å². The van der Waals surface area contributed by atoms with Crippen molar-refractivity contribution < 1.29 is 0 Å². The Bertz CT molecular complexity index is 135. The molecule has 1 atom stereocenters. The summed E-state index contributed by atoms with van der Waals surface area (Å²) in [6.07, 6.45) is 2.91. The molecule has 1 nitrogen and oxygen atoms in total. The highest BCUT2D eigenvalue weighted by Crippen LogP contribution is 2.58. The van der Waals surface area contributed by atoms with Crippen molar-refractivity contribution in [1.82, 2.24) is 4.90 Å². The highest BCUT2D eigenvalue weighted by atomic mass is 127. The maximum atomic E-state index is 2.57. The maximum absolute atomic E-state index is 2.57. The quantitative estimate of drug-likeness (QED) is 0.369. The molecule has 1 aliphatic heterocycles. The molecule has 0 unspecified atom stereocenters. The van der Waals surface area contributed by atoms with Gasteiger partial charge in [0.05, 0.1) is 4.05 Å². The van der Waals surface area contributed by atoms with Gasteiger partial charge in [-0.3, -0.25) is 4.90 Å². The molecule has 0 amide bonds. The fourth-order valence-corrected chi connectivity index (χ4v) is 4.22. The van der Waals surface area contributed by atoms with E-state index in [4.69, 9.17) is 0 Å². The van der Waals surface area contributed by atoms with E-state index < -0.39 is 0 Å². The van der Waals surface area contributed by atoms with Crippen LogP contribution in [0.25, 0.3) is 0 Å². The predicted molar refractivity (Wildman–Crippen MR) is 50.0 cm³/mol. The smallest absolute Gasteiger partial charge is 0.0772 e. The SMILES string of the molecule is CN1CSC2(CC2)[C@H]1I. The molecule has 0 aromatic heterocycles. The van der Waals surface area contributed by atoms with Crippen molar-refractivity contribution in [1.29, 1.82) is 0 Å². The van der Waals surface area contributed by atoms with Crippen molar-refractivity contribution in [3.05, 3.63) is 0 Å². The largest absolute Gasteiger partial charge is 0.284 e. The summed E-state index contributed by atoms with van der Waals surface area (Å²) in [4.78, 5) is 2.44. The van der Waals surface area contributed by atoms with Crippen molar-refractivity contribution in [3.63, 3.8) is 0 Å². The first-order chi connectivity index (χ1) is 4.25. The number of halogens is 1. The van der Waals surface area contributed by atoms with Gasteiger partial charge in [0.1, 0.15) is 0 Å². The van der Waals surface area contributed by atoms with Crippen LogP contribution in [0.4, 0.5) is 0 Å². The van der Waals surface area contributed by atoms with E-state index in [9.17, 15) is 0 Å². The lowest BCUT2D eigenvalue weighted by molar-refractivity contribution is 0.394. The van der Waals surface area contributed by atoms with Gasteiger partial charge in [-0.2, -0.15) is 0 Å². The van der Waals surface area contributed by atoms with Gasteiger partial charge in [0.25, 0.3) is 0 Å². The zero-order valence-corrected chi connectivity index (χ0v) is 8.41. The number of hydrogen-bond acceptors (Lipinski definition) is 2. The molecule has 52 valence electrons. The first-order valence-corrected chi connectivity index (χ1v) is 5.46. The van der Waals surface area contributed by atoms with Gasteiger partial charge in [-0.25, -0.2) is 0 Å². The average Bonchev–Trinajstić information content (AvgIpc) is 2.57. The fraction of sp³-hybridized carbons (Fsp3) is 1.00. The molecule has 1 saturated carbocycles. The number of hydrogen-bond donors (Lipinski definition) is 0. The van der Waals surface area contributed by atoms with Crippen LogP contribution in [0.5, 0.6) is 0 Å². The molecule has 9 heavy (non-hydrogen) atoms. The van der Waals surface area contributed by atoms with Gasteiger partial charge in [0.15, 0.2) is 0 Å². The summed E-state index contributed by atoms with van der Waals surface area (Å²) in [6.45, 7) is 0. The molecular formula is C6H10INS. The third kappa shape index (κ3) is 0.922. The second-order valence-corrected chi connectivity index (χ2v) is 5.47. The Kier molecular flexibility index (Phi) is 1.51. The first-order valence-electron chi connectivity index (χ1n) is 3.23. The van der Waals surface area contributed by atoms with Crippen LogP contribution >= 0.6 is 34.4 Å². The summed E-state index contributed by atoms with van der Waals surface area (Å²) in [6, 6.07) is 0. The maximum Gasteiger partial charge on any atom is 0.0772 e. The van der Waals surface area contributed by atoms with Crippen LogP contribution < -0.4 is 0 Å². The van der Waals surface area contributed by atoms with E-state index in [1.165, 1.54) is 18.7 Å². The Balaban J connectivity index is 2.13. The highest BCUT2D eigenvalue weighted by Gasteiger charge is 2.54. The molecule has 0 radical (unpaired) electrons. The number of rotatable bonds is 0. The molecule has 1 heterocycles. The lowest BCUT2D eigenvalue weighted by Gasteiger charge is -2.15. The van der Waals surface area contributed by atoms with E-state index >= 15 is 0 Å². The highest BCUT2D eigenvalue weighted by molar-refractivity contribution is 14.1. The minimum atomic E-state index is 0.704. The van der Waals surface area contributed by atoms with Gasteiger partial charge in [-0.15, -0.1) is 11.8 Å². The van der Waals surface area contributed by atoms with Crippen LogP contribution in [-0.4, -0.2) is 26.6 Å². The van der Waals surface area contributed by atoms with Gasteiger partial charge < -0.3 is 0 Å². The van der Waals surface area contributed by atoms with Crippen molar-refractivity contribution >= 4 is 34.4 Å². The molecule has 2 fully saturated rings. The van der Waals surface area contributed by atoms with Gasteiger partial charge in [0, 0.05) is 10.6 Å². The molecule has 0 bridgehead atoms. The van der Waals surface area contributed by atoms with E-state index in [1.807, 2.05) is 0 Å². The Morgan fingerprint density at radius 2 is 2.33 bits per heavy atom. The van der Waals surface area contributed by atoms with Gasteiger partial charge >= 0.3 is 0 Å². The fourth-order valence-electron chi connectivity index (χ4n) is 1.27. The zero-order chi connectivity index (χ0) is 6.48. The van der Waals surface area contributed by atoms with Gasteiger partial charge in [-0.05, 0) is 19.9 Å². The molecule has 1 saturated heterocycles. The number of nitrogens with zero attached hydrogens (tertiary/aromatic N) is 1. The van der Waals surface area contributed by atoms with Crippen LogP contribution in [0.2, 0.25) is 0 Å². The summed E-state index contributed by atoms with van der Waals surface area (Å²) in [7, 11) is 2.22. The topological polar surface area (TPSA) is 3.24 Å². The van der Waals surface area contributed by atoms with Crippen molar-refractivity contribution in [3.8, 4) is 0 Å². The summed E-state index contributed by atoms with van der Waals surface area (Å²) in [5.74, 6) is 1.24. The normalized spacial score (nSPS) is 40.0. The zero-order valence-electron chi connectivity index (χ0n) is 5.43. The lowest BCUT2D eigenvalue weighted by atomic mass is 10.4. The summed E-state index contributed by atoms with van der Waals surface area (Å²) < 4.78 is 1.51. The molecule has 2 aliphatic rings. The third-order valence-corrected chi connectivity index (χ3v) is 6.43. The predicted octanol–water partition coefficient (Wildman–Crippen LogP) is 1.92. The minimum Gasteiger partial charge on any atom is -0.284 e. The van der Waals surface area contributed by atoms with E-state index in [2.05, 4.69) is 46.3 Å². The Hall–Kier alpha value is 1.04. The van der Waals surface area contributed by atoms with Crippen molar-refractivity contribution in [2.24, 2.45) is 0 Å². The van der Waals surface area contributed by atoms with Crippen LogP contribution in [0.3, 0.4) is 0 Å². The van der Waals surface area contributed by atoms with E-state index in [0.29, 0.717) is 4.75 Å².